The van der Waals surface area contributed by atoms with Crippen molar-refractivity contribution in [1.29, 1.82) is 0 Å². The summed E-state index contributed by atoms with van der Waals surface area (Å²) in [5.74, 6) is 0.186. The van der Waals surface area contributed by atoms with E-state index >= 15 is 0 Å². The lowest BCUT2D eigenvalue weighted by Gasteiger charge is -2.08. The van der Waals surface area contributed by atoms with Gasteiger partial charge in [0.25, 0.3) is 5.91 Å². The third-order valence-electron chi connectivity index (χ3n) is 2.45. The van der Waals surface area contributed by atoms with Crippen molar-refractivity contribution in [2.45, 2.75) is 0 Å². The van der Waals surface area contributed by atoms with Crippen LogP contribution in [0.1, 0.15) is 0 Å². The van der Waals surface area contributed by atoms with Crippen molar-refractivity contribution in [3.63, 3.8) is 0 Å². The van der Waals surface area contributed by atoms with Gasteiger partial charge in [-0.3, -0.25) is 4.79 Å². The normalized spacial score (nSPS) is 10.1. The van der Waals surface area contributed by atoms with E-state index in [4.69, 9.17) is 33.7 Å². The van der Waals surface area contributed by atoms with E-state index in [1.807, 2.05) is 0 Å². The van der Waals surface area contributed by atoms with Crippen LogP contribution < -0.4 is 15.8 Å². The van der Waals surface area contributed by atoms with Crippen LogP contribution in [0.15, 0.2) is 42.5 Å². The lowest BCUT2D eigenvalue weighted by Crippen LogP contribution is -2.20. The molecule has 0 aromatic heterocycles. The van der Waals surface area contributed by atoms with Gasteiger partial charge in [0.1, 0.15) is 5.75 Å². The Labute approximate surface area is 126 Å². The predicted molar refractivity (Wildman–Crippen MR) is 81.4 cm³/mol. The molecule has 0 radical (unpaired) electrons. The second-order valence-electron chi connectivity index (χ2n) is 4.03. The van der Waals surface area contributed by atoms with Gasteiger partial charge < -0.3 is 15.8 Å². The molecular weight excluding hydrogens is 299 g/mol. The minimum atomic E-state index is -0.291. The van der Waals surface area contributed by atoms with Crippen LogP contribution in [0.2, 0.25) is 10.0 Å². The zero-order chi connectivity index (χ0) is 14.5. The van der Waals surface area contributed by atoms with Gasteiger partial charge in [0.05, 0.1) is 10.7 Å². The number of halogens is 2. The van der Waals surface area contributed by atoms with E-state index in [0.29, 0.717) is 27.2 Å². The third-order valence-corrected chi connectivity index (χ3v) is 3.01. The molecule has 0 saturated carbocycles. The van der Waals surface area contributed by atoms with Gasteiger partial charge in [0.2, 0.25) is 0 Å². The van der Waals surface area contributed by atoms with Crippen molar-refractivity contribution < 1.29 is 9.53 Å². The summed E-state index contributed by atoms with van der Waals surface area (Å²) in [4.78, 5) is 11.7. The third kappa shape index (κ3) is 4.05. The monoisotopic (exact) mass is 310 g/mol. The SMILES string of the molecule is Nc1ccc(OCC(=O)Nc2cccc(Cl)c2)cc1Cl. The van der Waals surface area contributed by atoms with Gasteiger partial charge in [0, 0.05) is 16.8 Å². The van der Waals surface area contributed by atoms with Crippen molar-refractivity contribution in [3.8, 4) is 5.75 Å². The van der Waals surface area contributed by atoms with Crippen LogP contribution in [-0.4, -0.2) is 12.5 Å². The first-order chi connectivity index (χ1) is 9.54. The number of carbonyl (C=O) groups excluding carboxylic acids is 1. The fraction of sp³-hybridized carbons (Fsp3) is 0.0714. The second kappa shape index (κ2) is 6.50. The van der Waals surface area contributed by atoms with E-state index in [0.717, 1.165) is 0 Å². The molecule has 104 valence electrons. The summed E-state index contributed by atoms with van der Waals surface area (Å²) in [6, 6.07) is 11.7. The van der Waals surface area contributed by atoms with Gasteiger partial charge in [-0.2, -0.15) is 0 Å². The quantitative estimate of drug-likeness (QED) is 0.848. The number of rotatable bonds is 4. The molecule has 2 aromatic rings. The smallest absolute Gasteiger partial charge is 0.262 e. The summed E-state index contributed by atoms with van der Waals surface area (Å²) in [5, 5.41) is 3.61. The molecule has 3 N–H and O–H groups in total. The number of hydrogen-bond donors (Lipinski definition) is 2. The van der Waals surface area contributed by atoms with Crippen LogP contribution in [0.4, 0.5) is 11.4 Å². The predicted octanol–water partition coefficient (Wildman–Crippen LogP) is 3.59. The highest BCUT2D eigenvalue weighted by molar-refractivity contribution is 6.33. The number of benzene rings is 2. The van der Waals surface area contributed by atoms with E-state index in [1.54, 1.807) is 42.5 Å². The topological polar surface area (TPSA) is 64.3 Å². The maximum absolute atomic E-state index is 11.7. The minimum Gasteiger partial charge on any atom is -0.484 e. The number of anilines is 2. The largest absolute Gasteiger partial charge is 0.484 e. The Hall–Kier alpha value is -1.91. The van der Waals surface area contributed by atoms with E-state index in [2.05, 4.69) is 5.32 Å². The second-order valence-corrected chi connectivity index (χ2v) is 4.87. The van der Waals surface area contributed by atoms with E-state index in [9.17, 15) is 4.79 Å². The molecule has 6 heteroatoms. The summed E-state index contributed by atoms with van der Waals surface area (Å²) < 4.78 is 5.32. The van der Waals surface area contributed by atoms with Crippen molar-refractivity contribution in [2.75, 3.05) is 17.7 Å². The lowest BCUT2D eigenvalue weighted by atomic mass is 10.3. The molecule has 1 amide bonds. The van der Waals surface area contributed by atoms with Crippen molar-refractivity contribution in [3.05, 3.63) is 52.5 Å². The molecule has 20 heavy (non-hydrogen) atoms. The first-order valence-corrected chi connectivity index (χ1v) is 6.53. The van der Waals surface area contributed by atoms with Crippen LogP contribution in [0.5, 0.6) is 5.75 Å². The van der Waals surface area contributed by atoms with Gasteiger partial charge in [0.15, 0.2) is 6.61 Å². The van der Waals surface area contributed by atoms with Gasteiger partial charge >= 0.3 is 0 Å². The maximum atomic E-state index is 11.7. The van der Waals surface area contributed by atoms with Crippen LogP contribution in [0, 0.1) is 0 Å². The lowest BCUT2D eigenvalue weighted by molar-refractivity contribution is -0.118. The fourth-order valence-corrected chi connectivity index (χ4v) is 1.87. The summed E-state index contributed by atoms with van der Waals surface area (Å²) >= 11 is 11.7. The molecule has 0 fully saturated rings. The number of nitrogens with one attached hydrogen (secondary N) is 1. The summed E-state index contributed by atoms with van der Waals surface area (Å²) in [7, 11) is 0. The van der Waals surface area contributed by atoms with Crippen LogP contribution in [0.3, 0.4) is 0 Å². The van der Waals surface area contributed by atoms with Crippen LogP contribution in [0.25, 0.3) is 0 Å². The van der Waals surface area contributed by atoms with Crippen LogP contribution in [-0.2, 0) is 4.79 Å². The molecule has 0 heterocycles. The highest BCUT2D eigenvalue weighted by Gasteiger charge is 2.05. The summed E-state index contributed by atoms with van der Waals surface area (Å²) in [6.45, 7) is -0.132. The molecule has 2 rings (SSSR count). The number of hydrogen-bond acceptors (Lipinski definition) is 3. The van der Waals surface area contributed by atoms with Crippen molar-refractivity contribution in [2.24, 2.45) is 0 Å². The molecule has 0 aliphatic rings. The Bertz CT molecular complexity index is 632. The summed E-state index contributed by atoms with van der Waals surface area (Å²) in [6.07, 6.45) is 0. The van der Waals surface area contributed by atoms with Gasteiger partial charge in [-0.1, -0.05) is 29.3 Å². The Morgan fingerprint density at radius 2 is 2.00 bits per heavy atom. The maximum Gasteiger partial charge on any atom is 0.262 e. The van der Waals surface area contributed by atoms with Crippen molar-refractivity contribution >= 4 is 40.5 Å². The number of nitrogens with two attached hydrogens (primary N) is 1. The Balaban J connectivity index is 1.90. The molecule has 0 unspecified atom stereocenters. The number of ether oxygens (including phenoxy) is 1. The fourth-order valence-electron chi connectivity index (χ4n) is 1.51. The molecule has 0 bridgehead atoms. The highest BCUT2D eigenvalue weighted by atomic mass is 35.5. The molecule has 0 spiro atoms. The van der Waals surface area contributed by atoms with E-state index in [-0.39, 0.29) is 12.5 Å². The molecule has 4 nitrogen and oxygen atoms in total. The zero-order valence-corrected chi connectivity index (χ0v) is 11.9. The Morgan fingerprint density at radius 3 is 2.70 bits per heavy atom. The van der Waals surface area contributed by atoms with Gasteiger partial charge in [-0.25, -0.2) is 0 Å². The average molecular weight is 311 g/mol. The molecule has 2 aromatic carbocycles. The highest BCUT2D eigenvalue weighted by Crippen LogP contribution is 2.24. The molecule has 0 aliphatic heterocycles. The number of carbonyl (C=O) groups is 1. The van der Waals surface area contributed by atoms with Gasteiger partial charge in [-0.05, 0) is 30.3 Å². The Morgan fingerprint density at radius 1 is 1.20 bits per heavy atom. The average Bonchev–Trinajstić information content (AvgIpc) is 2.40. The number of amides is 1. The molecule has 0 saturated heterocycles. The standard InChI is InChI=1S/C14H12Cl2N2O2/c15-9-2-1-3-10(6-9)18-14(19)8-20-11-4-5-13(17)12(16)7-11/h1-7H,8,17H2,(H,18,19). The molecule has 0 atom stereocenters. The van der Waals surface area contributed by atoms with E-state index in [1.165, 1.54) is 0 Å². The van der Waals surface area contributed by atoms with Crippen LogP contribution >= 0.6 is 23.2 Å². The minimum absolute atomic E-state index is 0.132. The van der Waals surface area contributed by atoms with Crippen molar-refractivity contribution in [1.82, 2.24) is 0 Å². The van der Waals surface area contributed by atoms with Gasteiger partial charge in [-0.15, -0.1) is 0 Å². The zero-order valence-electron chi connectivity index (χ0n) is 10.4. The molecule has 0 aliphatic carbocycles. The first kappa shape index (κ1) is 14.5. The number of nitrogen functional groups attached to an aromatic ring is 1. The Kier molecular flexibility index (Phi) is 4.71. The summed E-state index contributed by atoms with van der Waals surface area (Å²) in [5.41, 5.74) is 6.65. The van der Waals surface area contributed by atoms with E-state index < -0.39 is 0 Å². The molecular formula is C14H12Cl2N2O2. The first-order valence-electron chi connectivity index (χ1n) is 5.78.